The minimum atomic E-state index is -3.73. The van der Waals surface area contributed by atoms with Gasteiger partial charge in [0.2, 0.25) is 5.85 Å². The Hall–Kier alpha value is 0.140. The fourth-order valence-electron chi connectivity index (χ4n) is 2.04. The Balaban J connectivity index is 1.80. The highest BCUT2D eigenvalue weighted by atomic mass is 31.2. The van der Waals surface area contributed by atoms with E-state index in [1.54, 1.807) is 0 Å². The van der Waals surface area contributed by atoms with E-state index in [1.165, 1.54) is 0 Å². The Labute approximate surface area is 88.3 Å². The molecule has 0 unspecified atom stereocenters. The molecule has 4 N–H and O–H groups in total. The van der Waals surface area contributed by atoms with Gasteiger partial charge in [-0.25, -0.2) is 31.7 Å². The second kappa shape index (κ2) is 2.19. The Morgan fingerprint density at radius 2 is 1.56 bits per heavy atom. The van der Waals surface area contributed by atoms with E-state index >= 15 is 0 Å². The third kappa shape index (κ3) is 0.803. The van der Waals surface area contributed by atoms with Gasteiger partial charge in [-0.05, 0) is 0 Å². The van der Waals surface area contributed by atoms with Crippen LogP contribution in [0.4, 0.5) is 0 Å². The molecule has 6 rings (SSSR count). The predicted octanol–water partition coefficient (Wildman–Crippen LogP) is -0.680. The van der Waals surface area contributed by atoms with E-state index < -0.39 is 33.1 Å². The largest absolute Gasteiger partial charge is 0.483 e. The lowest BCUT2D eigenvalue weighted by Gasteiger charge is -2.49. The van der Waals surface area contributed by atoms with E-state index in [4.69, 9.17) is 38.6 Å². The first-order chi connectivity index (χ1) is 7.24. The lowest BCUT2D eigenvalue weighted by atomic mass is 10.0. The zero-order valence-corrected chi connectivity index (χ0v) is 9.31. The van der Waals surface area contributed by atoms with Crippen molar-refractivity contribution in [2.75, 3.05) is 6.61 Å². The van der Waals surface area contributed by atoms with E-state index in [0.717, 1.165) is 0 Å². The number of rotatable bonds is 1. The molecule has 12 heteroatoms. The van der Waals surface area contributed by atoms with Crippen LogP contribution in [0.3, 0.4) is 0 Å². The highest BCUT2D eigenvalue weighted by Crippen LogP contribution is 2.85. The second-order valence-electron chi connectivity index (χ2n) is 3.79. The molecule has 0 radical (unpaired) electrons. The summed E-state index contributed by atoms with van der Waals surface area (Å²) >= 11 is 0. The summed E-state index contributed by atoms with van der Waals surface area (Å²) in [5, 5.41) is 0. The SMILES string of the molecule is NC1(N)OP2(=O)OC1(C13COP(=O)(O1)O3)O2. The molecule has 6 aliphatic rings. The molecule has 0 saturated carbocycles. The summed E-state index contributed by atoms with van der Waals surface area (Å²) < 4.78 is 51.9. The minimum absolute atomic E-state index is 0.260. The van der Waals surface area contributed by atoms with Crippen LogP contribution in [0.2, 0.25) is 0 Å². The average molecular weight is 272 g/mol. The summed E-state index contributed by atoms with van der Waals surface area (Å²) in [6.45, 7) is -0.260. The fourth-order valence-corrected chi connectivity index (χ4v) is 5.32. The van der Waals surface area contributed by atoms with Crippen LogP contribution in [0.15, 0.2) is 0 Å². The molecule has 90 valence electrons. The summed E-state index contributed by atoms with van der Waals surface area (Å²) in [6, 6.07) is 0. The van der Waals surface area contributed by atoms with Crippen LogP contribution in [0.1, 0.15) is 0 Å². The van der Waals surface area contributed by atoms with Gasteiger partial charge in [0.25, 0.3) is 5.79 Å². The Morgan fingerprint density at radius 3 is 1.94 bits per heavy atom. The molecule has 0 spiro atoms. The first-order valence-corrected chi connectivity index (χ1v) is 7.12. The highest BCUT2D eigenvalue weighted by Gasteiger charge is 2.92. The number of nitrogens with two attached hydrogens (primary N) is 2. The fraction of sp³-hybridized carbons (Fsp3) is 1.00. The van der Waals surface area contributed by atoms with Crippen LogP contribution >= 0.6 is 15.6 Å². The summed E-state index contributed by atoms with van der Waals surface area (Å²) in [4.78, 5) is 0. The number of hydrogen-bond donors (Lipinski definition) is 2. The third-order valence-corrected chi connectivity index (χ3v) is 5.66. The molecule has 6 heterocycles. The van der Waals surface area contributed by atoms with Crippen molar-refractivity contribution < 1.29 is 36.3 Å². The molecule has 0 aromatic rings. The van der Waals surface area contributed by atoms with Crippen LogP contribution in [0.25, 0.3) is 0 Å². The van der Waals surface area contributed by atoms with Crippen LogP contribution in [0, 0.1) is 0 Å². The van der Waals surface area contributed by atoms with Crippen molar-refractivity contribution in [3.05, 3.63) is 0 Å². The smallest absolute Gasteiger partial charge is 0.285 e. The third-order valence-electron chi connectivity index (χ3n) is 2.69. The molecule has 16 heavy (non-hydrogen) atoms. The van der Waals surface area contributed by atoms with Crippen molar-refractivity contribution in [3.63, 3.8) is 0 Å². The van der Waals surface area contributed by atoms with Gasteiger partial charge in [-0.3, -0.25) is 16.0 Å². The predicted molar refractivity (Wildman–Crippen MR) is 43.2 cm³/mol. The van der Waals surface area contributed by atoms with Crippen LogP contribution < -0.4 is 11.5 Å². The van der Waals surface area contributed by atoms with Gasteiger partial charge in [0.15, 0.2) is 0 Å². The van der Waals surface area contributed by atoms with E-state index in [9.17, 15) is 9.13 Å². The van der Waals surface area contributed by atoms with Crippen LogP contribution in [0.5, 0.6) is 0 Å². The summed E-state index contributed by atoms with van der Waals surface area (Å²) in [6.07, 6.45) is 0. The Bertz CT molecular complexity index is 482. The molecular weight excluding hydrogens is 266 g/mol. The molecule has 10 nitrogen and oxygen atoms in total. The topological polar surface area (TPSA) is 142 Å². The van der Waals surface area contributed by atoms with Gasteiger partial charge in [0.05, 0.1) is 0 Å². The number of phosphoric ester groups is 2. The average Bonchev–Trinajstić information content (AvgIpc) is 2.61. The van der Waals surface area contributed by atoms with Gasteiger partial charge in [-0.2, -0.15) is 0 Å². The summed E-state index contributed by atoms with van der Waals surface area (Å²) in [7, 11) is -7.26. The zero-order valence-electron chi connectivity index (χ0n) is 7.52. The Morgan fingerprint density at radius 1 is 0.938 bits per heavy atom. The lowest BCUT2D eigenvalue weighted by molar-refractivity contribution is -0.375. The quantitative estimate of drug-likeness (QED) is 0.465. The normalized spacial score (nSPS) is 65.1. The first kappa shape index (κ1) is 10.1. The van der Waals surface area contributed by atoms with E-state index in [1.807, 2.05) is 0 Å². The highest BCUT2D eigenvalue weighted by molar-refractivity contribution is 7.51. The van der Waals surface area contributed by atoms with Crippen LogP contribution in [-0.2, 0) is 36.3 Å². The van der Waals surface area contributed by atoms with Crippen molar-refractivity contribution in [1.29, 1.82) is 0 Å². The van der Waals surface area contributed by atoms with Gasteiger partial charge in [0.1, 0.15) is 6.61 Å². The zero-order chi connectivity index (χ0) is 11.4. The van der Waals surface area contributed by atoms with Crippen LogP contribution in [-0.4, -0.2) is 24.0 Å². The van der Waals surface area contributed by atoms with Gasteiger partial charge < -0.3 is 0 Å². The van der Waals surface area contributed by atoms with E-state index in [0.29, 0.717) is 0 Å². The van der Waals surface area contributed by atoms with Gasteiger partial charge >= 0.3 is 21.4 Å². The molecule has 4 bridgehead atoms. The van der Waals surface area contributed by atoms with Gasteiger partial charge in [-0.1, -0.05) is 0 Å². The Kier molecular flexibility index (Phi) is 1.39. The number of phosphoric acid groups is 2. The maximum atomic E-state index is 11.4. The molecule has 6 fully saturated rings. The standard InChI is InChI=1S/C4H6N2O8P2/c5-4(6)3(12-16(8,13-3)14-4)2-1-9-15(7,10-2)11-2/h1,5-6H2. The molecule has 6 aliphatic heterocycles. The summed E-state index contributed by atoms with van der Waals surface area (Å²) in [5.41, 5.74) is 11.1. The monoisotopic (exact) mass is 272 g/mol. The van der Waals surface area contributed by atoms with Crippen molar-refractivity contribution in [1.82, 2.24) is 0 Å². The van der Waals surface area contributed by atoms with Crippen molar-refractivity contribution in [2.45, 2.75) is 17.4 Å². The molecular formula is C4H6N2O8P2. The maximum absolute atomic E-state index is 11.4. The van der Waals surface area contributed by atoms with Crippen molar-refractivity contribution in [2.24, 2.45) is 11.5 Å². The first-order valence-electron chi connectivity index (χ1n) is 4.20. The molecule has 0 aliphatic carbocycles. The van der Waals surface area contributed by atoms with Crippen molar-refractivity contribution >= 4 is 15.6 Å². The molecule has 6 saturated heterocycles. The minimum Gasteiger partial charge on any atom is -0.285 e. The maximum Gasteiger partial charge on any atom is 0.483 e. The number of fused-ring (bicyclic) bond motifs is 2. The van der Waals surface area contributed by atoms with Crippen molar-refractivity contribution in [3.8, 4) is 0 Å². The molecule has 0 aromatic carbocycles. The lowest BCUT2D eigenvalue weighted by Crippen LogP contribution is -2.77. The van der Waals surface area contributed by atoms with Gasteiger partial charge in [0, 0.05) is 0 Å². The summed E-state index contributed by atoms with van der Waals surface area (Å²) in [5.74, 6) is -5.63. The second-order valence-corrected chi connectivity index (χ2v) is 6.75. The molecule has 0 aromatic heterocycles. The van der Waals surface area contributed by atoms with E-state index in [-0.39, 0.29) is 6.61 Å². The molecule has 0 amide bonds. The van der Waals surface area contributed by atoms with E-state index in [2.05, 4.69) is 0 Å². The van der Waals surface area contributed by atoms with Gasteiger partial charge in [-0.15, -0.1) is 0 Å². The molecule has 0 atom stereocenters. The number of hydrogen-bond acceptors (Lipinski definition) is 10.